The van der Waals surface area contributed by atoms with Crippen molar-refractivity contribution in [2.75, 3.05) is 23.7 Å². The molecule has 0 radical (unpaired) electrons. The molecule has 158 valence electrons. The maximum atomic E-state index is 12.7. The van der Waals surface area contributed by atoms with Crippen LogP contribution in [0.4, 0.5) is 11.4 Å². The van der Waals surface area contributed by atoms with E-state index < -0.39 is 5.41 Å². The molecule has 1 heterocycles. The minimum absolute atomic E-state index is 0.00214. The van der Waals surface area contributed by atoms with E-state index >= 15 is 0 Å². The van der Waals surface area contributed by atoms with Crippen molar-refractivity contribution in [2.24, 2.45) is 5.41 Å². The zero-order chi connectivity index (χ0) is 21.7. The molecule has 0 atom stereocenters. The number of piperidine rings is 1. The number of carbonyl (C=O) groups excluding carboxylic acids is 3. The SMILES string of the molecule is CC(C)(C)C(=O)Nc1cccc(C(=O)Nc2cccc(C(=O)N3CCCCC3)c2)c1. The molecule has 1 fully saturated rings. The van der Waals surface area contributed by atoms with Gasteiger partial charge in [0.1, 0.15) is 0 Å². The Morgan fingerprint density at radius 3 is 2.00 bits per heavy atom. The van der Waals surface area contributed by atoms with E-state index in [4.69, 9.17) is 0 Å². The van der Waals surface area contributed by atoms with Crippen LogP contribution in [0.15, 0.2) is 48.5 Å². The first kappa shape index (κ1) is 21.6. The third kappa shape index (κ3) is 5.47. The minimum atomic E-state index is -0.528. The summed E-state index contributed by atoms with van der Waals surface area (Å²) in [6, 6.07) is 13.8. The van der Waals surface area contributed by atoms with Gasteiger partial charge in [-0.25, -0.2) is 0 Å². The Morgan fingerprint density at radius 2 is 1.37 bits per heavy atom. The zero-order valence-electron chi connectivity index (χ0n) is 17.8. The van der Waals surface area contributed by atoms with E-state index in [1.54, 1.807) is 48.5 Å². The molecule has 30 heavy (non-hydrogen) atoms. The maximum absolute atomic E-state index is 12.7. The van der Waals surface area contributed by atoms with E-state index in [0.717, 1.165) is 32.4 Å². The number of rotatable bonds is 4. The summed E-state index contributed by atoms with van der Waals surface area (Å²) in [5.74, 6) is -0.425. The summed E-state index contributed by atoms with van der Waals surface area (Å²) in [6.45, 7) is 7.05. The molecule has 2 aromatic carbocycles. The monoisotopic (exact) mass is 407 g/mol. The molecule has 1 saturated heterocycles. The van der Waals surface area contributed by atoms with Crippen molar-refractivity contribution < 1.29 is 14.4 Å². The Hall–Kier alpha value is -3.15. The molecule has 2 N–H and O–H groups in total. The average molecular weight is 408 g/mol. The second-order valence-electron chi connectivity index (χ2n) is 8.67. The number of carbonyl (C=O) groups is 3. The van der Waals surface area contributed by atoms with Gasteiger partial charge in [0.05, 0.1) is 0 Å². The van der Waals surface area contributed by atoms with Gasteiger partial charge in [0.15, 0.2) is 0 Å². The summed E-state index contributed by atoms with van der Waals surface area (Å²) < 4.78 is 0. The summed E-state index contributed by atoms with van der Waals surface area (Å²) in [5.41, 5.74) is 1.60. The predicted octanol–water partition coefficient (Wildman–Crippen LogP) is 4.55. The van der Waals surface area contributed by atoms with Crippen LogP contribution in [0, 0.1) is 5.41 Å². The molecule has 1 aliphatic rings. The second-order valence-corrected chi connectivity index (χ2v) is 8.67. The lowest BCUT2D eigenvalue weighted by atomic mass is 9.95. The molecule has 3 amide bonds. The van der Waals surface area contributed by atoms with Crippen LogP contribution in [0.2, 0.25) is 0 Å². The summed E-state index contributed by atoms with van der Waals surface area (Å²) in [5, 5.41) is 5.68. The van der Waals surface area contributed by atoms with Crippen molar-refractivity contribution in [2.45, 2.75) is 40.0 Å². The Kier molecular flexibility index (Phi) is 6.55. The van der Waals surface area contributed by atoms with Crippen LogP contribution in [-0.2, 0) is 4.79 Å². The van der Waals surface area contributed by atoms with E-state index in [1.807, 2.05) is 25.7 Å². The summed E-state index contributed by atoms with van der Waals surface area (Å²) in [7, 11) is 0. The van der Waals surface area contributed by atoms with Gasteiger partial charge < -0.3 is 15.5 Å². The largest absolute Gasteiger partial charge is 0.339 e. The van der Waals surface area contributed by atoms with Gasteiger partial charge in [0.2, 0.25) is 5.91 Å². The van der Waals surface area contributed by atoms with Crippen molar-refractivity contribution >= 4 is 29.1 Å². The summed E-state index contributed by atoms with van der Waals surface area (Å²) in [4.78, 5) is 39.5. The van der Waals surface area contributed by atoms with Crippen molar-refractivity contribution in [3.05, 3.63) is 59.7 Å². The number of benzene rings is 2. The topological polar surface area (TPSA) is 78.5 Å². The molecule has 0 spiro atoms. The molecule has 6 heteroatoms. The lowest BCUT2D eigenvalue weighted by Gasteiger charge is -2.26. The fraction of sp³-hybridized carbons (Fsp3) is 0.375. The number of anilines is 2. The van der Waals surface area contributed by atoms with Crippen molar-refractivity contribution in [3.63, 3.8) is 0 Å². The Morgan fingerprint density at radius 1 is 0.800 bits per heavy atom. The number of nitrogens with one attached hydrogen (secondary N) is 2. The molecule has 0 bridgehead atoms. The summed E-state index contributed by atoms with van der Waals surface area (Å²) in [6.07, 6.45) is 3.23. The minimum Gasteiger partial charge on any atom is -0.339 e. The predicted molar refractivity (Wildman–Crippen MR) is 119 cm³/mol. The highest BCUT2D eigenvalue weighted by Gasteiger charge is 2.22. The van der Waals surface area contributed by atoms with Gasteiger partial charge in [-0.2, -0.15) is 0 Å². The van der Waals surface area contributed by atoms with Gasteiger partial charge in [-0.3, -0.25) is 14.4 Å². The number of nitrogens with zero attached hydrogens (tertiary/aromatic N) is 1. The number of hydrogen-bond acceptors (Lipinski definition) is 3. The highest BCUT2D eigenvalue weighted by Crippen LogP contribution is 2.20. The highest BCUT2D eigenvalue weighted by atomic mass is 16.2. The first-order chi connectivity index (χ1) is 14.2. The van der Waals surface area contributed by atoms with Gasteiger partial charge in [-0.15, -0.1) is 0 Å². The quantitative estimate of drug-likeness (QED) is 0.780. The third-order valence-corrected chi connectivity index (χ3v) is 5.07. The molecular formula is C24H29N3O3. The second kappa shape index (κ2) is 9.11. The molecule has 0 aromatic heterocycles. The van der Waals surface area contributed by atoms with E-state index in [-0.39, 0.29) is 17.7 Å². The molecular weight excluding hydrogens is 378 g/mol. The van der Waals surface area contributed by atoms with Crippen molar-refractivity contribution in [1.29, 1.82) is 0 Å². The van der Waals surface area contributed by atoms with Crippen molar-refractivity contribution in [1.82, 2.24) is 4.90 Å². The van der Waals surface area contributed by atoms with Gasteiger partial charge in [-0.1, -0.05) is 32.9 Å². The van der Waals surface area contributed by atoms with Crippen LogP contribution < -0.4 is 10.6 Å². The Labute approximate surface area is 177 Å². The highest BCUT2D eigenvalue weighted by molar-refractivity contribution is 6.06. The molecule has 6 nitrogen and oxygen atoms in total. The van der Waals surface area contributed by atoms with Crippen molar-refractivity contribution in [3.8, 4) is 0 Å². The van der Waals surface area contributed by atoms with E-state index in [9.17, 15) is 14.4 Å². The number of amides is 3. The van der Waals surface area contributed by atoms with Gasteiger partial charge >= 0.3 is 0 Å². The third-order valence-electron chi connectivity index (χ3n) is 5.07. The Balaban J connectivity index is 1.69. The molecule has 2 aromatic rings. The Bertz CT molecular complexity index is 941. The zero-order valence-corrected chi connectivity index (χ0v) is 17.8. The fourth-order valence-corrected chi connectivity index (χ4v) is 3.27. The normalized spacial score (nSPS) is 14.2. The van der Waals surface area contributed by atoms with Crippen LogP contribution >= 0.6 is 0 Å². The van der Waals surface area contributed by atoms with Gasteiger partial charge in [0, 0.05) is 41.0 Å². The van der Waals surface area contributed by atoms with Crippen LogP contribution in [0.1, 0.15) is 60.7 Å². The summed E-state index contributed by atoms with van der Waals surface area (Å²) >= 11 is 0. The van der Waals surface area contributed by atoms with E-state index in [1.165, 1.54) is 0 Å². The van der Waals surface area contributed by atoms with E-state index in [0.29, 0.717) is 22.5 Å². The smallest absolute Gasteiger partial charge is 0.255 e. The number of likely N-dealkylation sites (tertiary alicyclic amines) is 1. The number of hydrogen-bond donors (Lipinski definition) is 2. The maximum Gasteiger partial charge on any atom is 0.255 e. The first-order valence-corrected chi connectivity index (χ1v) is 10.4. The fourth-order valence-electron chi connectivity index (χ4n) is 3.27. The lowest BCUT2D eigenvalue weighted by Crippen LogP contribution is -2.35. The standard InChI is InChI=1S/C24H29N3O3/c1-24(2,3)23(30)26-20-12-7-9-17(15-20)21(28)25-19-11-8-10-18(16-19)22(29)27-13-5-4-6-14-27/h7-12,15-16H,4-6,13-14H2,1-3H3,(H,25,28)(H,26,30). The lowest BCUT2D eigenvalue weighted by molar-refractivity contribution is -0.123. The molecule has 3 rings (SSSR count). The van der Waals surface area contributed by atoms with Crippen LogP contribution in [0.3, 0.4) is 0 Å². The molecule has 0 unspecified atom stereocenters. The first-order valence-electron chi connectivity index (χ1n) is 10.4. The van der Waals surface area contributed by atoms with Gasteiger partial charge in [-0.05, 0) is 55.7 Å². The van der Waals surface area contributed by atoms with Crippen LogP contribution in [0.25, 0.3) is 0 Å². The molecule has 0 saturated carbocycles. The van der Waals surface area contributed by atoms with Crippen LogP contribution in [-0.4, -0.2) is 35.7 Å². The molecule has 1 aliphatic heterocycles. The van der Waals surface area contributed by atoms with Crippen LogP contribution in [0.5, 0.6) is 0 Å². The van der Waals surface area contributed by atoms with Gasteiger partial charge in [0.25, 0.3) is 11.8 Å². The molecule has 0 aliphatic carbocycles. The average Bonchev–Trinajstić information content (AvgIpc) is 2.73. The van der Waals surface area contributed by atoms with E-state index in [2.05, 4.69) is 10.6 Å².